The first-order valence-electron chi connectivity index (χ1n) is 9.56. The first-order chi connectivity index (χ1) is 13.1. The van der Waals surface area contributed by atoms with Crippen molar-refractivity contribution in [3.63, 3.8) is 0 Å². The van der Waals surface area contributed by atoms with Crippen LogP contribution in [0.5, 0.6) is 0 Å². The highest BCUT2D eigenvalue weighted by Gasteiger charge is 2.16. The van der Waals surface area contributed by atoms with Crippen LogP contribution in [0.4, 0.5) is 11.4 Å². The Hall–Kier alpha value is -2.88. The minimum atomic E-state index is 0.952. The zero-order chi connectivity index (χ0) is 19.2. The summed E-state index contributed by atoms with van der Waals surface area (Å²) in [4.78, 5) is 4.95. The van der Waals surface area contributed by atoms with Gasteiger partial charge in [-0.25, -0.2) is 0 Å². The number of hydrogen-bond acceptors (Lipinski definition) is 4. The van der Waals surface area contributed by atoms with Gasteiger partial charge in [0, 0.05) is 63.0 Å². The van der Waals surface area contributed by atoms with Gasteiger partial charge in [-0.3, -0.25) is 0 Å². The molecule has 2 aromatic rings. The summed E-state index contributed by atoms with van der Waals surface area (Å²) >= 11 is 0. The maximum Gasteiger partial charge on any atom is 0.0367 e. The molecule has 2 aromatic carbocycles. The van der Waals surface area contributed by atoms with Crippen LogP contribution in [0.15, 0.2) is 61.7 Å². The Morgan fingerprint density at radius 2 is 1.04 bits per heavy atom. The van der Waals surface area contributed by atoms with Crippen molar-refractivity contribution in [2.75, 3.05) is 50.1 Å². The van der Waals surface area contributed by atoms with E-state index in [0.29, 0.717) is 0 Å². The lowest BCUT2D eigenvalue weighted by Crippen LogP contribution is -2.30. The van der Waals surface area contributed by atoms with Crippen molar-refractivity contribution in [2.45, 2.75) is 6.42 Å². The lowest BCUT2D eigenvalue weighted by Gasteiger charge is -2.25. The summed E-state index contributed by atoms with van der Waals surface area (Å²) in [5.74, 6) is 0. The van der Waals surface area contributed by atoms with Gasteiger partial charge in [0.2, 0.25) is 0 Å². The van der Waals surface area contributed by atoms with Crippen LogP contribution < -0.4 is 20.4 Å². The van der Waals surface area contributed by atoms with Gasteiger partial charge in [0.25, 0.3) is 0 Å². The fourth-order valence-electron chi connectivity index (χ4n) is 3.47. The molecule has 142 valence electrons. The van der Waals surface area contributed by atoms with Crippen LogP contribution in [-0.4, -0.2) is 40.3 Å². The summed E-state index contributed by atoms with van der Waals surface area (Å²) in [5, 5.41) is 6.21. The van der Waals surface area contributed by atoms with Gasteiger partial charge < -0.3 is 20.4 Å². The molecule has 4 nitrogen and oxygen atoms in total. The standard InChI is InChI=1S/C23H30N4/c1-18(24-3)20-6-10-22(11-7-20)26-14-5-15-27(17-16-26)23-12-8-21(9-13-23)19(2)25-4/h6-13,24-25H,1-2,5,14-17H2,3-4H3. The third-order valence-electron chi connectivity index (χ3n) is 5.26. The quantitative estimate of drug-likeness (QED) is 0.819. The minimum Gasteiger partial charge on any atom is -0.388 e. The van der Waals surface area contributed by atoms with Gasteiger partial charge in [-0.05, 0) is 41.8 Å². The van der Waals surface area contributed by atoms with E-state index in [-0.39, 0.29) is 0 Å². The third-order valence-corrected chi connectivity index (χ3v) is 5.26. The topological polar surface area (TPSA) is 30.5 Å². The smallest absolute Gasteiger partial charge is 0.0367 e. The predicted molar refractivity (Wildman–Crippen MR) is 118 cm³/mol. The summed E-state index contributed by atoms with van der Waals surface area (Å²) < 4.78 is 0. The van der Waals surface area contributed by atoms with Crippen LogP contribution in [0, 0.1) is 0 Å². The second-order valence-electron chi connectivity index (χ2n) is 6.88. The lowest BCUT2D eigenvalue weighted by atomic mass is 10.1. The maximum atomic E-state index is 4.03. The van der Waals surface area contributed by atoms with Crippen LogP contribution >= 0.6 is 0 Å². The van der Waals surface area contributed by atoms with Crippen molar-refractivity contribution in [3.8, 4) is 0 Å². The molecule has 4 heteroatoms. The van der Waals surface area contributed by atoms with Gasteiger partial charge >= 0.3 is 0 Å². The highest BCUT2D eigenvalue weighted by atomic mass is 15.2. The number of nitrogens with one attached hydrogen (secondary N) is 2. The molecule has 1 heterocycles. The Bertz CT molecular complexity index is 710. The monoisotopic (exact) mass is 362 g/mol. The second-order valence-corrected chi connectivity index (χ2v) is 6.88. The molecule has 2 N–H and O–H groups in total. The zero-order valence-electron chi connectivity index (χ0n) is 16.5. The van der Waals surface area contributed by atoms with Crippen molar-refractivity contribution in [3.05, 3.63) is 72.8 Å². The fourth-order valence-corrected chi connectivity index (χ4v) is 3.47. The molecule has 0 radical (unpaired) electrons. The van der Waals surface area contributed by atoms with E-state index in [1.165, 1.54) is 11.4 Å². The van der Waals surface area contributed by atoms with Crippen LogP contribution in [0.2, 0.25) is 0 Å². The van der Waals surface area contributed by atoms with Gasteiger partial charge in [0.15, 0.2) is 0 Å². The molecular formula is C23H30N4. The molecule has 1 fully saturated rings. The predicted octanol–water partition coefficient (Wildman–Crippen LogP) is 3.78. The first kappa shape index (κ1) is 18.9. The highest BCUT2D eigenvalue weighted by Crippen LogP contribution is 2.23. The van der Waals surface area contributed by atoms with E-state index in [2.05, 4.69) is 82.1 Å². The largest absolute Gasteiger partial charge is 0.388 e. The summed E-state index contributed by atoms with van der Waals surface area (Å²) in [6.45, 7) is 12.3. The Balaban J connectivity index is 1.65. The molecule has 0 bridgehead atoms. The van der Waals surface area contributed by atoms with Gasteiger partial charge in [0.1, 0.15) is 0 Å². The minimum absolute atomic E-state index is 0.952. The van der Waals surface area contributed by atoms with Crippen LogP contribution in [0.25, 0.3) is 11.4 Å². The number of nitrogens with zero attached hydrogens (tertiary/aromatic N) is 2. The molecule has 0 amide bonds. The van der Waals surface area contributed by atoms with Gasteiger partial charge in [0.05, 0.1) is 0 Å². The zero-order valence-corrected chi connectivity index (χ0v) is 16.5. The van der Waals surface area contributed by atoms with Crippen LogP contribution in [0.1, 0.15) is 17.5 Å². The van der Waals surface area contributed by atoms with E-state index in [0.717, 1.165) is 55.1 Å². The Kier molecular flexibility index (Phi) is 6.07. The molecule has 0 unspecified atom stereocenters. The summed E-state index contributed by atoms with van der Waals surface area (Å²) in [5.41, 5.74) is 6.75. The lowest BCUT2D eigenvalue weighted by molar-refractivity contribution is 0.806. The fraction of sp³-hybridized carbons (Fsp3) is 0.304. The van der Waals surface area contributed by atoms with Crippen LogP contribution in [-0.2, 0) is 0 Å². The van der Waals surface area contributed by atoms with Crippen molar-refractivity contribution in [1.82, 2.24) is 10.6 Å². The van der Waals surface area contributed by atoms with Crippen molar-refractivity contribution in [1.29, 1.82) is 0 Å². The maximum absolute atomic E-state index is 4.03. The van der Waals surface area contributed by atoms with E-state index >= 15 is 0 Å². The summed E-state index contributed by atoms with van der Waals surface area (Å²) in [7, 11) is 3.81. The molecule has 1 aliphatic rings. The molecule has 3 rings (SSSR count). The molecule has 0 saturated carbocycles. The highest BCUT2D eigenvalue weighted by molar-refractivity contribution is 5.65. The molecule has 1 saturated heterocycles. The molecule has 1 aliphatic heterocycles. The normalized spacial score (nSPS) is 14.4. The third kappa shape index (κ3) is 4.45. The number of anilines is 2. The van der Waals surface area contributed by atoms with E-state index in [1.54, 1.807) is 0 Å². The Morgan fingerprint density at radius 1 is 0.667 bits per heavy atom. The van der Waals surface area contributed by atoms with E-state index in [4.69, 9.17) is 0 Å². The number of rotatable bonds is 6. The molecule has 0 aromatic heterocycles. The number of hydrogen-bond donors (Lipinski definition) is 2. The van der Waals surface area contributed by atoms with Gasteiger partial charge in [-0.15, -0.1) is 0 Å². The molecule has 0 aliphatic carbocycles. The van der Waals surface area contributed by atoms with Gasteiger partial charge in [-0.2, -0.15) is 0 Å². The summed E-state index contributed by atoms with van der Waals surface area (Å²) in [6.07, 6.45) is 1.15. The molecule has 27 heavy (non-hydrogen) atoms. The SMILES string of the molecule is C=C(NC)c1ccc(N2CCCN(c3ccc(C(=C)NC)cc3)CC2)cc1. The molecular weight excluding hydrogens is 332 g/mol. The average Bonchev–Trinajstić information content (AvgIpc) is 2.99. The van der Waals surface area contributed by atoms with Crippen molar-refractivity contribution < 1.29 is 0 Å². The van der Waals surface area contributed by atoms with Crippen molar-refractivity contribution in [2.24, 2.45) is 0 Å². The molecule has 0 atom stereocenters. The van der Waals surface area contributed by atoms with E-state index in [9.17, 15) is 0 Å². The van der Waals surface area contributed by atoms with E-state index < -0.39 is 0 Å². The Morgan fingerprint density at radius 3 is 1.37 bits per heavy atom. The average molecular weight is 363 g/mol. The van der Waals surface area contributed by atoms with Gasteiger partial charge in [-0.1, -0.05) is 37.4 Å². The number of benzene rings is 2. The van der Waals surface area contributed by atoms with E-state index in [1.807, 2.05) is 14.1 Å². The molecule has 0 spiro atoms. The second kappa shape index (κ2) is 8.67. The Labute approximate surface area is 163 Å². The van der Waals surface area contributed by atoms with Crippen LogP contribution in [0.3, 0.4) is 0 Å². The first-order valence-corrected chi connectivity index (χ1v) is 9.56. The van der Waals surface area contributed by atoms with Crippen molar-refractivity contribution >= 4 is 22.8 Å². The summed E-state index contributed by atoms with van der Waals surface area (Å²) in [6, 6.07) is 17.4.